The standard InChI is InChI=1S/C14H14N6O/c15-12-11-13(17-6-16-11)20-14(19-12)18-10-8-4-2-1-3-7(8)5-9(10)21/h1-4,6,9-10,21H,5H2,(H4,15,16,17,18,19,20)/t9-,10+/m0/s1. The number of benzene rings is 1. The molecule has 2 heterocycles. The molecule has 7 nitrogen and oxygen atoms in total. The Balaban J connectivity index is 1.71. The second-order valence-electron chi connectivity index (χ2n) is 5.13. The fourth-order valence-corrected chi connectivity index (χ4v) is 2.81. The molecule has 21 heavy (non-hydrogen) atoms. The van der Waals surface area contributed by atoms with Crippen LogP contribution in [0.2, 0.25) is 0 Å². The lowest BCUT2D eigenvalue weighted by atomic mass is 10.1. The van der Waals surface area contributed by atoms with Crippen LogP contribution in [0.1, 0.15) is 17.2 Å². The van der Waals surface area contributed by atoms with Gasteiger partial charge in [0.15, 0.2) is 11.5 Å². The van der Waals surface area contributed by atoms with Gasteiger partial charge in [-0.3, -0.25) is 0 Å². The van der Waals surface area contributed by atoms with Crippen LogP contribution in [0.4, 0.5) is 11.8 Å². The molecule has 0 fully saturated rings. The highest BCUT2D eigenvalue weighted by Crippen LogP contribution is 2.33. The summed E-state index contributed by atoms with van der Waals surface area (Å²) in [6, 6.07) is 7.71. The summed E-state index contributed by atoms with van der Waals surface area (Å²) in [6.45, 7) is 0. The summed E-state index contributed by atoms with van der Waals surface area (Å²) < 4.78 is 0. The van der Waals surface area contributed by atoms with Crippen molar-refractivity contribution in [1.82, 2.24) is 19.9 Å². The Morgan fingerprint density at radius 1 is 1.29 bits per heavy atom. The van der Waals surface area contributed by atoms with Gasteiger partial charge in [-0.1, -0.05) is 24.3 Å². The molecule has 0 saturated carbocycles. The molecule has 0 radical (unpaired) electrons. The summed E-state index contributed by atoms with van der Waals surface area (Å²) in [6.07, 6.45) is 1.63. The fourth-order valence-electron chi connectivity index (χ4n) is 2.81. The van der Waals surface area contributed by atoms with Crippen LogP contribution >= 0.6 is 0 Å². The molecule has 0 amide bonds. The van der Waals surface area contributed by atoms with Gasteiger partial charge in [0, 0.05) is 6.42 Å². The summed E-state index contributed by atoms with van der Waals surface area (Å²) in [7, 11) is 0. The average molecular weight is 282 g/mol. The molecule has 0 aliphatic heterocycles. The normalized spacial score (nSPS) is 20.6. The fraction of sp³-hybridized carbons (Fsp3) is 0.214. The summed E-state index contributed by atoms with van der Waals surface area (Å²) >= 11 is 0. The number of aromatic amines is 1. The number of fused-ring (bicyclic) bond motifs is 2. The Morgan fingerprint density at radius 3 is 3.05 bits per heavy atom. The van der Waals surface area contributed by atoms with Gasteiger partial charge in [-0.25, -0.2) is 4.98 Å². The van der Waals surface area contributed by atoms with E-state index in [1.165, 1.54) is 6.33 Å². The number of nitrogen functional groups attached to an aromatic ring is 1. The first-order valence-corrected chi connectivity index (χ1v) is 6.71. The molecule has 1 aliphatic carbocycles. The topological polar surface area (TPSA) is 113 Å². The highest BCUT2D eigenvalue weighted by atomic mass is 16.3. The Labute approximate surface area is 120 Å². The summed E-state index contributed by atoms with van der Waals surface area (Å²) in [5.74, 6) is 0.702. The summed E-state index contributed by atoms with van der Waals surface area (Å²) in [5, 5.41) is 13.4. The van der Waals surface area contributed by atoms with E-state index in [0.717, 1.165) is 11.1 Å². The first-order valence-electron chi connectivity index (χ1n) is 6.71. The van der Waals surface area contributed by atoms with E-state index in [0.29, 0.717) is 29.4 Å². The molecule has 0 spiro atoms. The molecular weight excluding hydrogens is 268 g/mol. The highest BCUT2D eigenvalue weighted by molar-refractivity contribution is 5.82. The number of nitrogens with two attached hydrogens (primary N) is 1. The van der Waals surface area contributed by atoms with Crippen LogP contribution in [0.25, 0.3) is 11.2 Å². The van der Waals surface area contributed by atoms with Gasteiger partial charge in [0.1, 0.15) is 5.52 Å². The third-order valence-electron chi connectivity index (χ3n) is 3.80. The van der Waals surface area contributed by atoms with Gasteiger partial charge in [0.25, 0.3) is 0 Å². The number of H-pyrrole nitrogens is 1. The number of aliphatic hydroxyl groups is 1. The van der Waals surface area contributed by atoms with Gasteiger partial charge in [0.2, 0.25) is 5.95 Å². The van der Waals surface area contributed by atoms with Crippen molar-refractivity contribution in [2.24, 2.45) is 0 Å². The van der Waals surface area contributed by atoms with E-state index in [1.54, 1.807) is 0 Å². The van der Waals surface area contributed by atoms with Crippen molar-refractivity contribution in [3.8, 4) is 0 Å². The van der Waals surface area contributed by atoms with Gasteiger partial charge in [0.05, 0.1) is 18.5 Å². The Kier molecular flexibility index (Phi) is 2.55. The number of aromatic nitrogens is 4. The van der Waals surface area contributed by atoms with Crippen LogP contribution in [0.3, 0.4) is 0 Å². The van der Waals surface area contributed by atoms with Crippen molar-refractivity contribution < 1.29 is 5.11 Å². The van der Waals surface area contributed by atoms with Crippen LogP contribution in [0.15, 0.2) is 30.6 Å². The number of nitrogens with zero attached hydrogens (tertiary/aromatic N) is 3. The zero-order valence-corrected chi connectivity index (χ0v) is 11.1. The number of nitrogens with one attached hydrogen (secondary N) is 2. The minimum atomic E-state index is -0.512. The molecule has 0 saturated heterocycles. The zero-order chi connectivity index (χ0) is 14.4. The number of hydrogen-bond acceptors (Lipinski definition) is 6. The van der Waals surface area contributed by atoms with Gasteiger partial charge >= 0.3 is 0 Å². The number of rotatable bonds is 2. The number of anilines is 2. The van der Waals surface area contributed by atoms with E-state index in [1.807, 2.05) is 24.3 Å². The summed E-state index contributed by atoms with van der Waals surface area (Å²) in [4.78, 5) is 15.5. The van der Waals surface area contributed by atoms with Crippen molar-refractivity contribution in [2.75, 3.05) is 11.1 Å². The third-order valence-corrected chi connectivity index (χ3v) is 3.80. The van der Waals surface area contributed by atoms with Gasteiger partial charge < -0.3 is 21.1 Å². The van der Waals surface area contributed by atoms with E-state index in [2.05, 4.69) is 25.3 Å². The monoisotopic (exact) mass is 282 g/mol. The first-order chi connectivity index (χ1) is 10.2. The maximum absolute atomic E-state index is 10.2. The van der Waals surface area contributed by atoms with Gasteiger partial charge in [-0.05, 0) is 11.1 Å². The number of imidazole rings is 1. The van der Waals surface area contributed by atoms with E-state index in [-0.39, 0.29) is 6.04 Å². The second-order valence-corrected chi connectivity index (χ2v) is 5.13. The Hall–Kier alpha value is -2.67. The summed E-state index contributed by atoms with van der Waals surface area (Å²) in [5.41, 5.74) is 9.20. The molecule has 7 heteroatoms. The minimum Gasteiger partial charge on any atom is -0.390 e. The third kappa shape index (κ3) is 1.90. The molecule has 4 rings (SSSR count). The maximum Gasteiger partial charge on any atom is 0.227 e. The molecule has 106 valence electrons. The average Bonchev–Trinajstić information content (AvgIpc) is 3.05. The van der Waals surface area contributed by atoms with Crippen LogP contribution in [-0.2, 0) is 6.42 Å². The van der Waals surface area contributed by atoms with Crippen LogP contribution in [0, 0.1) is 0 Å². The molecule has 5 N–H and O–H groups in total. The highest BCUT2D eigenvalue weighted by Gasteiger charge is 2.31. The smallest absolute Gasteiger partial charge is 0.227 e. The molecule has 2 aromatic heterocycles. The van der Waals surface area contributed by atoms with Crippen molar-refractivity contribution >= 4 is 22.9 Å². The van der Waals surface area contributed by atoms with Crippen LogP contribution in [0.5, 0.6) is 0 Å². The van der Waals surface area contributed by atoms with Crippen molar-refractivity contribution in [3.63, 3.8) is 0 Å². The van der Waals surface area contributed by atoms with Crippen molar-refractivity contribution in [1.29, 1.82) is 0 Å². The quantitative estimate of drug-likeness (QED) is 0.558. The van der Waals surface area contributed by atoms with E-state index in [9.17, 15) is 5.11 Å². The SMILES string of the molecule is Nc1nc(N[C@@H]2c3ccccc3C[C@@H]2O)nc2nc[nH]c12. The van der Waals surface area contributed by atoms with E-state index < -0.39 is 6.10 Å². The molecule has 3 aromatic rings. The van der Waals surface area contributed by atoms with Gasteiger partial charge in [-0.15, -0.1) is 0 Å². The molecular formula is C14H14N6O. The molecule has 2 atom stereocenters. The maximum atomic E-state index is 10.2. The van der Waals surface area contributed by atoms with E-state index in [4.69, 9.17) is 5.73 Å². The first kappa shape index (κ1) is 12.1. The van der Waals surface area contributed by atoms with Crippen molar-refractivity contribution in [2.45, 2.75) is 18.6 Å². The predicted molar refractivity (Wildman–Crippen MR) is 78.6 cm³/mol. The molecule has 0 bridgehead atoms. The largest absolute Gasteiger partial charge is 0.390 e. The lowest BCUT2D eigenvalue weighted by molar-refractivity contribution is 0.165. The van der Waals surface area contributed by atoms with Crippen molar-refractivity contribution in [3.05, 3.63) is 41.7 Å². The second kappa shape index (κ2) is 4.42. The lowest BCUT2D eigenvalue weighted by Crippen LogP contribution is -2.22. The van der Waals surface area contributed by atoms with Crippen LogP contribution < -0.4 is 11.1 Å². The van der Waals surface area contributed by atoms with E-state index >= 15 is 0 Å². The Bertz CT molecular complexity index is 814. The number of hydrogen-bond donors (Lipinski definition) is 4. The molecule has 1 aliphatic rings. The minimum absolute atomic E-state index is 0.239. The molecule has 1 aromatic carbocycles. The molecule has 0 unspecified atom stereocenters. The van der Waals surface area contributed by atoms with Crippen LogP contribution in [-0.4, -0.2) is 31.1 Å². The predicted octanol–water partition coefficient (Wildman–Crippen LogP) is 1.01. The zero-order valence-electron chi connectivity index (χ0n) is 11.1. The van der Waals surface area contributed by atoms with Gasteiger partial charge in [-0.2, -0.15) is 9.97 Å². The lowest BCUT2D eigenvalue weighted by Gasteiger charge is -2.17. The number of aliphatic hydroxyl groups excluding tert-OH is 1. The Morgan fingerprint density at radius 2 is 2.14 bits per heavy atom.